The fourth-order valence-corrected chi connectivity index (χ4v) is 2.42. The molecule has 0 saturated carbocycles. The first-order chi connectivity index (χ1) is 9.65. The number of benzene rings is 1. The molecule has 2 N–H and O–H groups in total. The van der Waals surface area contributed by atoms with Crippen molar-refractivity contribution in [2.45, 2.75) is 27.2 Å². The van der Waals surface area contributed by atoms with Crippen LogP contribution in [0.15, 0.2) is 18.2 Å². The van der Waals surface area contributed by atoms with Gasteiger partial charge in [0.05, 0.1) is 11.4 Å². The van der Waals surface area contributed by atoms with E-state index in [0.717, 1.165) is 49.5 Å². The monoisotopic (exact) mass is 275 g/mol. The zero-order valence-electron chi connectivity index (χ0n) is 12.7. The molecule has 0 saturated heterocycles. The molecule has 1 aliphatic rings. The molecule has 20 heavy (non-hydrogen) atoms. The van der Waals surface area contributed by atoms with Crippen LogP contribution in [0.3, 0.4) is 0 Å². The van der Waals surface area contributed by atoms with Crippen molar-refractivity contribution in [1.82, 2.24) is 4.90 Å². The molecule has 1 heterocycles. The Hall–Kier alpha value is -1.71. The highest BCUT2D eigenvalue weighted by Gasteiger charge is 2.18. The molecule has 1 amide bonds. The van der Waals surface area contributed by atoms with E-state index in [1.807, 2.05) is 30.0 Å². The number of hydrogen-bond donors (Lipinski definition) is 2. The Morgan fingerprint density at radius 3 is 2.60 bits per heavy atom. The highest BCUT2D eigenvalue weighted by molar-refractivity contribution is 5.96. The number of rotatable bonds is 5. The molecule has 1 atom stereocenters. The van der Waals surface area contributed by atoms with Crippen LogP contribution >= 0.6 is 0 Å². The number of fused-ring (bicyclic) bond motifs is 1. The van der Waals surface area contributed by atoms with E-state index in [0.29, 0.717) is 5.92 Å². The molecule has 4 nitrogen and oxygen atoms in total. The van der Waals surface area contributed by atoms with Gasteiger partial charge in [0.15, 0.2) is 0 Å². The molecule has 110 valence electrons. The molecule has 0 radical (unpaired) electrons. The maximum absolute atomic E-state index is 12.6. The fourth-order valence-electron chi connectivity index (χ4n) is 2.42. The van der Waals surface area contributed by atoms with Crippen molar-refractivity contribution in [3.8, 4) is 0 Å². The number of carbonyl (C=O) groups is 1. The molecule has 2 rings (SSSR count). The van der Waals surface area contributed by atoms with E-state index in [1.54, 1.807) is 0 Å². The normalized spacial score (nSPS) is 14.8. The Morgan fingerprint density at radius 2 is 1.95 bits per heavy atom. The van der Waals surface area contributed by atoms with Crippen LogP contribution in [0.1, 0.15) is 37.6 Å². The SMILES string of the molecule is CCC(C)CN(CC)C(=O)c1ccc2c(c1)NCCN2. The van der Waals surface area contributed by atoms with E-state index in [-0.39, 0.29) is 5.91 Å². The van der Waals surface area contributed by atoms with Crippen LogP contribution in [-0.4, -0.2) is 37.0 Å². The standard InChI is InChI=1S/C16H25N3O/c1-4-12(3)11-19(5-2)16(20)13-6-7-14-15(10-13)18-9-8-17-14/h6-7,10,12,17-18H,4-5,8-9,11H2,1-3H3. The maximum Gasteiger partial charge on any atom is 0.253 e. The average molecular weight is 275 g/mol. The lowest BCUT2D eigenvalue weighted by molar-refractivity contribution is 0.0741. The molecule has 4 heteroatoms. The van der Waals surface area contributed by atoms with Gasteiger partial charge in [0.25, 0.3) is 5.91 Å². The Kier molecular flexibility index (Phi) is 4.88. The third kappa shape index (κ3) is 3.24. The molecular weight excluding hydrogens is 250 g/mol. The van der Waals surface area contributed by atoms with Crippen molar-refractivity contribution in [2.75, 3.05) is 36.8 Å². The van der Waals surface area contributed by atoms with Gasteiger partial charge in [0, 0.05) is 31.7 Å². The van der Waals surface area contributed by atoms with Gasteiger partial charge >= 0.3 is 0 Å². The van der Waals surface area contributed by atoms with Gasteiger partial charge in [0.1, 0.15) is 0 Å². The Labute approximate surface area is 121 Å². The highest BCUT2D eigenvalue weighted by atomic mass is 16.2. The second kappa shape index (κ2) is 6.64. The highest BCUT2D eigenvalue weighted by Crippen LogP contribution is 2.26. The van der Waals surface area contributed by atoms with E-state index >= 15 is 0 Å². The molecule has 1 unspecified atom stereocenters. The van der Waals surface area contributed by atoms with Crippen molar-refractivity contribution >= 4 is 17.3 Å². The molecule has 0 spiro atoms. The van der Waals surface area contributed by atoms with Crippen LogP contribution in [0.4, 0.5) is 11.4 Å². The lowest BCUT2D eigenvalue weighted by atomic mass is 10.1. The molecule has 1 aliphatic heterocycles. The quantitative estimate of drug-likeness (QED) is 0.868. The number of nitrogens with one attached hydrogen (secondary N) is 2. The van der Waals surface area contributed by atoms with Gasteiger partial charge in [0.2, 0.25) is 0 Å². The minimum Gasteiger partial charge on any atom is -0.382 e. The minimum absolute atomic E-state index is 0.128. The zero-order chi connectivity index (χ0) is 14.5. The molecule has 0 fully saturated rings. The van der Waals surface area contributed by atoms with Crippen molar-refractivity contribution in [3.63, 3.8) is 0 Å². The van der Waals surface area contributed by atoms with E-state index < -0.39 is 0 Å². The molecule has 0 bridgehead atoms. The van der Waals surface area contributed by atoms with Gasteiger partial charge in [-0.3, -0.25) is 4.79 Å². The number of nitrogens with zero attached hydrogens (tertiary/aromatic N) is 1. The second-order valence-corrected chi connectivity index (χ2v) is 5.47. The van der Waals surface area contributed by atoms with Gasteiger partial charge in [-0.1, -0.05) is 20.3 Å². The van der Waals surface area contributed by atoms with Crippen LogP contribution < -0.4 is 10.6 Å². The van der Waals surface area contributed by atoms with E-state index in [9.17, 15) is 4.79 Å². The molecule has 0 aliphatic carbocycles. The summed E-state index contributed by atoms with van der Waals surface area (Å²) in [6.45, 7) is 9.80. The summed E-state index contributed by atoms with van der Waals surface area (Å²) in [4.78, 5) is 14.5. The van der Waals surface area contributed by atoms with Crippen molar-refractivity contribution in [1.29, 1.82) is 0 Å². The van der Waals surface area contributed by atoms with Gasteiger partial charge < -0.3 is 15.5 Å². The molecular formula is C16H25N3O. The zero-order valence-corrected chi connectivity index (χ0v) is 12.7. The molecule has 1 aromatic rings. The number of carbonyl (C=O) groups excluding carboxylic acids is 1. The van der Waals surface area contributed by atoms with E-state index in [2.05, 4.69) is 24.5 Å². The van der Waals surface area contributed by atoms with Crippen LogP contribution in [0.2, 0.25) is 0 Å². The second-order valence-electron chi connectivity index (χ2n) is 5.47. The van der Waals surface area contributed by atoms with E-state index in [1.165, 1.54) is 0 Å². The summed E-state index contributed by atoms with van der Waals surface area (Å²) in [5.74, 6) is 0.666. The van der Waals surface area contributed by atoms with Crippen molar-refractivity contribution < 1.29 is 4.79 Å². The van der Waals surface area contributed by atoms with Crippen LogP contribution in [-0.2, 0) is 0 Å². The predicted octanol–water partition coefficient (Wildman–Crippen LogP) is 3.03. The Morgan fingerprint density at radius 1 is 1.25 bits per heavy atom. The van der Waals surface area contributed by atoms with Gasteiger partial charge in [-0.05, 0) is 31.0 Å². The fraction of sp³-hybridized carbons (Fsp3) is 0.562. The van der Waals surface area contributed by atoms with Gasteiger partial charge in [-0.15, -0.1) is 0 Å². The third-order valence-electron chi connectivity index (χ3n) is 3.92. The van der Waals surface area contributed by atoms with E-state index in [4.69, 9.17) is 0 Å². The Balaban J connectivity index is 2.14. The van der Waals surface area contributed by atoms with Crippen LogP contribution in [0, 0.1) is 5.92 Å². The summed E-state index contributed by atoms with van der Waals surface area (Å²) >= 11 is 0. The smallest absolute Gasteiger partial charge is 0.253 e. The Bertz CT molecular complexity index is 473. The maximum atomic E-state index is 12.6. The number of hydrogen-bond acceptors (Lipinski definition) is 3. The first-order valence-corrected chi connectivity index (χ1v) is 7.56. The molecule has 0 aromatic heterocycles. The molecule has 1 aromatic carbocycles. The summed E-state index contributed by atoms with van der Waals surface area (Å²) in [6.07, 6.45) is 1.10. The summed E-state index contributed by atoms with van der Waals surface area (Å²) in [7, 11) is 0. The number of amides is 1. The largest absolute Gasteiger partial charge is 0.382 e. The summed E-state index contributed by atoms with van der Waals surface area (Å²) in [5.41, 5.74) is 2.88. The summed E-state index contributed by atoms with van der Waals surface area (Å²) in [6, 6.07) is 5.87. The topological polar surface area (TPSA) is 44.4 Å². The predicted molar refractivity (Wildman–Crippen MR) is 84.5 cm³/mol. The lowest BCUT2D eigenvalue weighted by Crippen LogP contribution is -2.34. The first-order valence-electron chi connectivity index (χ1n) is 7.56. The van der Waals surface area contributed by atoms with Gasteiger partial charge in [-0.25, -0.2) is 0 Å². The summed E-state index contributed by atoms with van der Waals surface area (Å²) < 4.78 is 0. The van der Waals surface area contributed by atoms with Crippen LogP contribution in [0.25, 0.3) is 0 Å². The third-order valence-corrected chi connectivity index (χ3v) is 3.92. The van der Waals surface area contributed by atoms with Gasteiger partial charge in [-0.2, -0.15) is 0 Å². The summed E-state index contributed by atoms with van der Waals surface area (Å²) in [5, 5.41) is 6.66. The number of anilines is 2. The van der Waals surface area contributed by atoms with Crippen molar-refractivity contribution in [3.05, 3.63) is 23.8 Å². The van der Waals surface area contributed by atoms with Crippen LogP contribution in [0.5, 0.6) is 0 Å². The minimum atomic E-state index is 0.128. The lowest BCUT2D eigenvalue weighted by Gasteiger charge is -2.25. The first kappa shape index (κ1) is 14.7. The van der Waals surface area contributed by atoms with Crippen molar-refractivity contribution in [2.24, 2.45) is 5.92 Å². The average Bonchev–Trinajstić information content (AvgIpc) is 2.51.